The molecule has 1 nitrogen and oxygen atoms in total. The van der Waals surface area contributed by atoms with Crippen LogP contribution in [0.25, 0.3) is 0 Å². The van der Waals surface area contributed by atoms with Crippen LogP contribution in [-0.2, 0) is 0 Å². The van der Waals surface area contributed by atoms with Gasteiger partial charge in [-0.05, 0) is 36.5 Å². The number of benzene rings is 1. The van der Waals surface area contributed by atoms with E-state index in [1.165, 1.54) is 5.56 Å². The number of hydrogen-bond donors (Lipinski definition) is 1. The maximum absolute atomic E-state index is 6.11. The fraction of sp³-hybridized carbons (Fsp3) is 0.500. The molecule has 0 bridgehead atoms. The van der Waals surface area contributed by atoms with E-state index in [1.807, 2.05) is 19.1 Å². The van der Waals surface area contributed by atoms with Crippen LogP contribution in [0.1, 0.15) is 37.4 Å². The highest BCUT2D eigenvalue weighted by Crippen LogP contribution is 2.26. The summed E-state index contributed by atoms with van der Waals surface area (Å²) < 4.78 is 0. The Bertz CT molecular complexity index is 307. The van der Waals surface area contributed by atoms with Crippen molar-refractivity contribution in [1.29, 1.82) is 0 Å². The first-order valence-corrected chi connectivity index (χ1v) is 5.40. The summed E-state index contributed by atoms with van der Waals surface area (Å²) in [5, 5.41) is 0.807. The molecule has 2 heteroatoms. The van der Waals surface area contributed by atoms with Gasteiger partial charge in [-0.3, -0.25) is 0 Å². The Hall–Kier alpha value is -0.530. The van der Waals surface area contributed by atoms with Crippen LogP contribution in [-0.4, -0.2) is 0 Å². The molecule has 0 aliphatic carbocycles. The summed E-state index contributed by atoms with van der Waals surface area (Å²) in [6.45, 7) is 6.39. The van der Waals surface area contributed by atoms with Crippen LogP contribution in [0.15, 0.2) is 18.2 Å². The molecule has 0 spiro atoms. The zero-order valence-corrected chi connectivity index (χ0v) is 9.81. The van der Waals surface area contributed by atoms with Crippen molar-refractivity contribution >= 4 is 11.6 Å². The smallest absolute Gasteiger partial charge is 0.0438 e. The standard InChI is InChI=1S/C12H18ClN/c1-8(2)7-12(14)10-5-4-6-11(13)9(10)3/h4-6,8,12H,7,14H2,1-3H3. The molecule has 1 aromatic carbocycles. The van der Waals surface area contributed by atoms with Crippen molar-refractivity contribution in [3.8, 4) is 0 Å². The molecular formula is C12H18ClN. The van der Waals surface area contributed by atoms with E-state index in [9.17, 15) is 0 Å². The van der Waals surface area contributed by atoms with E-state index in [-0.39, 0.29) is 6.04 Å². The lowest BCUT2D eigenvalue weighted by Crippen LogP contribution is -2.14. The SMILES string of the molecule is Cc1c(Cl)cccc1C(N)CC(C)C. The van der Waals surface area contributed by atoms with Gasteiger partial charge in [-0.25, -0.2) is 0 Å². The number of hydrogen-bond acceptors (Lipinski definition) is 1. The summed E-state index contributed by atoms with van der Waals surface area (Å²) in [7, 11) is 0. The molecule has 1 unspecified atom stereocenters. The second-order valence-corrected chi connectivity index (χ2v) is 4.60. The van der Waals surface area contributed by atoms with E-state index in [1.54, 1.807) is 0 Å². The molecule has 1 atom stereocenters. The first kappa shape index (κ1) is 11.5. The van der Waals surface area contributed by atoms with E-state index in [0.717, 1.165) is 17.0 Å². The van der Waals surface area contributed by atoms with Gasteiger partial charge in [-0.15, -0.1) is 0 Å². The van der Waals surface area contributed by atoms with Crippen LogP contribution < -0.4 is 5.73 Å². The topological polar surface area (TPSA) is 26.0 Å². The third-order valence-corrected chi connectivity index (χ3v) is 2.84. The largest absolute Gasteiger partial charge is 0.324 e. The Labute approximate surface area is 91.3 Å². The summed E-state index contributed by atoms with van der Waals surface area (Å²) in [6.07, 6.45) is 1.00. The number of rotatable bonds is 3. The summed E-state index contributed by atoms with van der Waals surface area (Å²) in [5.41, 5.74) is 8.39. The Kier molecular flexibility index (Phi) is 3.97. The van der Waals surface area contributed by atoms with Crippen molar-refractivity contribution < 1.29 is 0 Å². The average Bonchev–Trinajstić information content (AvgIpc) is 2.08. The minimum atomic E-state index is 0.105. The quantitative estimate of drug-likeness (QED) is 0.811. The first-order valence-electron chi connectivity index (χ1n) is 5.03. The minimum absolute atomic E-state index is 0.105. The molecule has 1 aromatic rings. The molecule has 0 heterocycles. The molecule has 0 radical (unpaired) electrons. The normalized spacial score (nSPS) is 13.3. The van der Waals surface area contributed by atoms with Crippen molar-refractivity contribution in [2.24, 2.45) is 11.7 Å². The van der Waals surface area contributed by atoms with Crippen LogP contribution in [0.3, 0.4) is 0 Å². The van der Waals surface area contributed by atoms with E-state index >= 15 is 0 Å². The maximum atomic E-state index is 6.11. The highest BCUT2D eigenvalue weighted by atomic mass is 35.5. The van der Waals surface area contributed by atoms with Gasteiger partial charge in [0.05, 0.1) is 0 Å². The molecule has 2 N–H and O–H groups in total. The summed E-state index contributed by atoms with van der Waals surface area (Å²) >= 11 is 6.04. The molecule has 0 aromatic heterocycles. The van der Waals surface area contributed by atoms with Crippen molar-refractivity contribution in [3.63, 3.8) is 0 Å². The van der Waals surface area contributed by atoms with Gasteiger partial charge in [0, 0.05) is 11.1 Å². The minimum Gasteiger partial charge on any atom is -0.324 e. The van der Waals surface area contributed by atoms with Gasteiger partial charge in [-0.2, -0.15) is 0 Å². The predicted octanol–water partition coefficient (Wildman–Crippen LogP) is 3.69. The van der Waals surface area contributed by atoms with Crippen LogP contribution in [0.5, 0.6) is 0 Å². The molecule has 0 aliphatic heterocycles. The molecule has 14 heavy (non-hydrogen) atoms. The lowest BCUT2D eigenvalue weighted by molar-refractivity contribution is 0.508. The van der Waals surface area contributed by atoms with E-state index in [0.29, 0.717) is 5.92 Å². The summed E-state index contributed by atoms with van der Waals surface area (Å²) in [4.78, 5) is 0. The summed E-state index contributed by atoms with van der Waals surface area (Å²) in [6, 6.07) is 6.04. The zero-order valence-electron chi connectivity index (χ0n) is 9.05. The molecule has 0 saturated heterocycles. The van der Waals surface area contributed by atoms with E-state index in [4.69, 9.17) is 17.3 Å². The van der Waals surface area contributed by atoms with Gasteiger partial charge in [0.25, 0.3) is 0 Å². The van der Waals surface area contributed by atoms with Gasteiger partial charge >= 0.3 is 0 Å². The fourth-order valence-electron chi connectivity index (χ4n) is 1.66. The molecule has 1 rings (SSSR count). The van der Waals surface area contributed by atoms with Crippen molar-refractivity contribution in [1.82, 2.24) is 0 Å². The van der Waals surface area contributed by atoms with Crippen molar-refractivity contribution in [3.05, 3.63) is 34.3 Å². The van der Waals surface area contributed by atoms with Gasteiger partial charge in [0.2, 0.25) is 0 Å². The number of nitrogens with two attached hydrogens (primary N) is 1. The molecular weight excluding hydrogens is 194 g/mol. The number of halogens is 1. The lowest BCUT2D eigenvalue weighted by atomic mass is 9.95. The average molecular weight is 212 g/mol. The Morgan fingerprint density at radius 3 is 2.57 bits per heavy atom. The van der Waals surface area contributed by atoms with Crippen LogP contribution in [0.4, 0.5) is 0 Å². The van der Waals surface area contributed by atoms with Gasteiger partial charge < -0.3 is 5.73 Å². The third kappa shape index (κ3) is 2.73. The molecule has 0 amide bonds. The predicted molar refractivity (Wildman–Crippen MR) is 62.6 cm³/mol. The highest BCUT2D eigenvalue weighted by molar-refractivity contribution is 6.31. The molecule has 0 fully saturated rings. The van der Waals surface area contributed by atoms with Crippen LogP contribution >= 0.6 is 11.6 Å². The lowest BCUT2D eigenvalue weighted by Gasteiger charge is -2.17. The van der Waals surface area contributed by atoms with Crippen LogP contribution in [0, 0.1) is 12.8 Å². The third-order valence-electron chi connectivity index (χ3n) is 2.43. The van der Waals surface area contributed by atoms with Crippen molar-refractivity contribution in [2.45, 2.75) is 33.2 Å². The van der Waals surface area contributed by atoms with E-state index in [2.05, 4.69) is 19.9 Å². The van der Waals surface area contributed by atoms with E-state index < -0.39 is 0 Å². The zero-order chi connectivity index (χ0) is 10.7. The van der Waals surface area contributed by atoms with Crippen LogP contribution in [0.2, 0.25) is 5.02 Å². The second-order valence-electron chi connectivity index (χ2n) is 4.19. The second kappa shape index (κ2) is 4.81. The maximum Gasteiger partial charge on any atom is 0.0438 e. The Balaban J connectivity index is 2.89. The summed E-state index contributed by atoms with van der Waals surface area (Å²) in [5.74, 6) is 0.614. The first-order chi connectivity index (χ1) is 6.52. The monoisotopic (exact) mass is 211 g/mol. The van der Waals surface area contributed by atoms with Gasteiger partial charge in [0.15, 0.2) is 0 Å². The Morgan fingerprint density at radius 2 is 2.00 bits per heavy atom. The molecule has 0 aliphatic rings. The molecule has 78 valence electrons. The highest BCUT2D eigenvalue weighted by Gasteiger charge is 2.11. The Morgan fingerprint density at radius 1 is 1.36 bits per heavy atom. The fourth-order valence-corrected chi connectivity index (χ4v) is 1.84. The molecule has 0 saturated carbocycles. The van der Waals surface area contributed by atoms with Gasteiger partial charge in [-0.1, -0.05) is 37.6 Å². The van der Waals surface area contributed by atoms with Gasteiger partial charge in [0.1, 0.15) is 0 Å². The van der Waals surface area contributed by atoms with Crippen molar-refractivity contribution in [2.75, 3.05) is 0 Å².